The van der Waals surface area contributed by atoms with E-state index in [0.717, 1.165) is 18.0 Å². The Morgan fingerprint density at radius 1 is 1.10 bits per heavy atom. The molecule has 2 atom stereocenters. The minimum atomic E-state index is 0.531. The van der Waals surface area contributed by atoms with Crippen LogP contribution in [-0.2, 0) is 0 Å². The predicted octanol–water partition coefficient (Wildman–Crippen LogP) is 4.44. The molecule has 0 amide bonds. The van der Waals surface area contributed by atoms with Gasteiger partial charge in [0.15, 0.2) is 0 Å². The van der Waals surface area contributed by atoms with Crippen molar-refractivity contribution < 1.29 is 0 Å². The van der Waals surface area contributed by atoms with Crippen LogP contribution in [0.1, 0.15) is 79.6 Å². The highest BCUT2D eigenvalue weighted by Crippen LogP contribution is 2.41. The normalized spacial score (nSPS) is 38.3. The zero-order valence-electron chi connectivity index (χ0n) is 15.1. The quantitative estimate of drug-likeness (QED) is 0.779. The van der Waals surface area contributed by atoms with Crippen molar-refractivity contribution in [2.24, 2.45) is 11.3 Å². The van der Waals surface area contributed by atoms with Gasteiger partial charge in [0.1, 0.15) is 0 Å². The Kier molecular flexibility index (Phi) is 6.14. The third-order valence-corrected chi connectivity index (χ3v) is 6.16. The summed E-state index contributed by atoms with van der Waals surface area (Å²) in [5, 5.41) is 3.77. The van der Waals surface area contributed by atoms with Gasteiger partial charge in [-0.2, -0.15) is 0 Å². The van der Waals surface area contributed by atoms with Gasteiger partial charge in [0, 0.05) is 31.2 Å². The van der Waals surface area contributed by atoms with Crippen LogP contribution in [0, 0.1) is 11.3 Å². The van der Waals surface area contributed by atoms with E-state index in [0.29, 0.717) is 11.5 Å². The Hall–Kier alpha value is -0.0800. The predicted molar refractivity (Wildman–Crippen MR) is 92.7 cm³/mol. The van der Waals surface area contributed by atoms with Gasteiger partial charge < -0.3 is 5.32 Å². The highest BCUT2D eigenvalue weighted by Gasteiger charge is 2.40. The standard InChI is InChI=1S/C19H38N2/c1-6-18-8-7-17(5)21(18)14-19(13-20-15(2)3)11-9-16(4)10-12-19/h15-18,20H,6-14H2,1-5H3. The van der Waals surface area contributed by atoms with Gasteiger partial charge in [-0.05, 0) is 50.4 Å². The molecule has 1 saturated heterocycles. The van der Waals surface area contributed by atoms with Crippen molar-refractivity contribution in [1.29, 1.82) is 0 Å². The van der Waals surface area contributed by atoms with E-state index in [9.17, 15) is 0 Å². The summed E-state index contributed by atoms with van der Waals surface area (Å²) in [6.07, 6.45) is 9.86. The fourth-order valence-electron chi connectivity index (χ4n) is 4.42. The summed E-state index contributed by atoms with van der Waals surface area (Å²) in [4.78, 5) is 2.86. The lowest BCUT2D eigenvalue weighted by molar-refractivity contribution is 0.0603. The van der Waals surface area contributed by atoms with Crippen LogP contribution in [0.25, 0.3) is 0 Å². The monoisotopic (exact) mass is 294 g/mol. The third-order valence-electron chi connectivity index (χ3n) is 6.16. The van der Waals surface area contributed by atoms with E-state index in [1.807, 2.05) is 0 Å². The average Bonchev–Trinajstić information content (AvgIpc) is 2.80. The Labute approximate surface area is 133 Å². The largest absolute Gasteiger partial charge is 0.314 e. The van der Waals surface area contributed by atoms with Gasteiger partial charge in [-0.3, -0.25) is 4.90 Å². The number of likely N-dealkylation sites (tertiary alicyclic amines) is 1. The Morgan fingerprint density at radius 3 is 2.33 bits per heavy atom. The van der Waals surface area contributed by atoms with Crippen LogP contribution in [0.4, 0.5) is 0 Å². The summed E-state index contributed by atoms with van der Waals surface area (Å²) in [6.45, 7) is 14.4. The summed E-state index contributed by atoms with van der Waals surface area (Å²) in [5.41, 5.74) is 0.531. The third kappa shape index (κ3) is 4.45. The Bertz CT molecular complexity index is 305. The van der Waals surface area contributed by atoms with E-state index >= 15 is 0 Å². The highest BCUT2D eigenvalue weighted by atomic mass is 15.2. The van der Waals surface area contributed by atoms with Crippen molar-refractivity contribution >= 4 is 0 Å². The molecule has 1 heterocycles. The molecule has 1 saturated carbocycles. The number of nitrogens with zero attached hydrogens (tertiary/aromatic N) is 1. The molecule has 2 unspecified atom stereocenters. The maximum absolute atomic E-state index is 3.77. The lowest BCUT2D eigenvalue weighted by atomic mass is 9.70. The lowest BCUT2D eigenvalue weighted by Crippen LogP contribution is -2.50. The molecule has 2 fully saturated rings. The van der Waals surface area contributed by atoms with Crippen LogP contribution >= 0.6 is 0 Å². The summed E-state index contributed by atoms with van der Waals surface area (Å²) in [7, 11) is 0. The zero-order valence-corrected chi connectivity index (χ0v) is 15.1. The summed E-state index contributed by atoms with van der Waals surface area (Å²) in [6, 6.07) is 2.25. The van der Waals surface area contributed by atoms with E-state index in [1.54, 1.807) is 0 Å². The molecule has 0 aromatic rings. The van der Waals surface area contributed by atoms with Crippen LogP contribution < -0.4 is 5.32 Å². The van der Waals surface area contributed by atoms with Gasteiger partial charge in [-0.15, -0.1) is 0 Å². The summed E-state index contributed by atoms with van der Waals surface area (Å²) in [5.74, 6) is 0.940. The molecule has 0 radical (unpaired) electrons. The molecule has 1 aliphatic heterocycles. The first-order chi connectivity index (χ1) is 9.96. The second-order valence-corrected chi connectivity index (χ2v) is 8.38. The maximum atomic E-state index is 3.77. The van der Waals surface area contributed by atoms with Crippen LogP contribution in [0.2, 0.25) is 0 Å². The molecule has 2 rings (SSSR count). The number of rotatable bonds is 6. The van der Waals surface area contributed by atoms with Crippen LogP contribution in [0.5, 0.6) is 0 Å². The first kappa shape index (κ1) is 17.3. The molecule has 2 aliphatic rings. The minimum absolute atomic E-state index is 0.531. The van der Waals surface area contributed by atoms with Gasteiger partial charge in [0.25, 0.3) is 0 Å². The molecule has 124 valence electrons. The first-order valence-electron chi connectivity index (χ1n) is 9.45. The molecular weight excluding hydrogens is 256 g/mol. The highest BCUT2D eigenvalue weighted by molar-refractivity contribution is 4.94. The van der Waals surface area contributed by atoms with Gasteiger partial charge in [0.2, 0.25) is 0 Å². The fraction of sp³-hybridized carbons (Fsp3) is 1.00. The molecule has 2 nitrogen and oxygen atoms in total. The van der Waals surface area contributed by atoms with E-state index in [4.69, 9.17) is 0 Å². The molecule has 0 spiro atoms. The van der Waals surface area contributed by atoms with Gasteiger partial charge in [-0.25, -0.2) is 0 Å². The van der Waals surface area contributed by atoms with Crippen molar-refractivity contribution in [1.82, 2.24) is 10.2 Å². The van der Waals surface area contributed by atoms with Crippen molar-refractivity contribution in [3.05, 3.63) is 0 Å². The maximum Gasteiger partial charge on any atom is 0.00962 e. The Morgan fingerprint density at radius 2 is 1.76 bits per heavy atom. The van der Waals surface area contributed by atoms with Gasteiger partial charge >= 0.3 is 0 Å². The van der Waals surface area contributed by atoms with Crippen LogP contribution in [0.3, 0.4) is 0 Å². The second kappa shape index (κ2) is 7.46. The molecule has 1 aliphatic carbocycles. The smallest absolute Gasteiger partial charge is 0.00962 e. The molecule has 0 bridgehead atoms. The fourth-order valence-corrected chi connectivity index (χ4v) is 4.42. The van der Waals surface area contributed by atoms with Crippen molar-refractivity contribution in [2.75, 3.05) is 13.1 Å². The van der Waals surface area contributed by atoms with Crippen molar-refractivity contribution in [3.8, 4) is 0 Å². The van der Waals surface area contributed by atoms with E-state index in [1.165, 1.54) is 58.0 Å². The number of hydrogen-bond acceptors (Lipinski definition) is 2. The zero-order chi connectivity index (χ0) is 15.5. The van der Waals surface area contributed by atoms with E-state index in [-0.39, 0.29) is 0 Å². The average molecular weight is 295 g/mol. The van der Waals surface area contributed by atoms with Crippen LogP contribution in [-0.4, -0.2) is 36.1 Å². The number of hydrogen-bond donors (Lipinski definition) is 1. The lowest BCUT2D eigenvalue weighted by Gasteiger charge is -2.45. The second-order valence-electron chi connectivity index (χ2n) is 8.38. The van der Waals surface area contributed by atoms with E-state index in [2.05, 4.69) is 44.8 Å². The van der Waals surface area contributed by atoms with E-state index < -0.39 is 0 Å². The molecule has 21 heavy (non-hydrogen) atoms. The summed E-state index contributed by atoms with van der Waals surface area (Å²) >= 11 is 0. The van der Waals surface area contributed by atoms with Crippen LogP contribution in [0.15, 0.2) is 0 Å². The minimum Gasteiger partial charge on any atom is -0.314 e. The van der Waals surface area contributed by atoms with Crippen molar-refractivity contribution in [3.63, 3.8) is 0 Å². The SMILES string of the molecule is CCC1CCC(C)N1CC1(CNC(C)C)CCC(C)CC1. The Balaban J connectivity index is 2.04. The van der Waals surface area contributed by atoms with Crippen molar-refractivity contribution in [2.45, 2.75) is 97.7 Å². The molecule has 0 aromatic heterocycles. The first-order valence-corrected chi connectivity index (χ1v) is 9.45. The number of nitrogens with one attached hydrogen (secondary N) is 1. The topological polar surface area (TPSA) is 15.3 Å². The van der Waals surface area contributed by atoms with Gasteiger partial charge in [-0.1, -0.05) is 40.5 Å². The summed E-state index contributed by atoms with van der Waals surface area (Å²) < 4.78 is 0. The molecular formula is C19H38N2. The molecule has 0 aromatic carbocycles. The molecule has 1 N–H and O–H groups in total. The molecule has 2 heteroatoms. The van der Waals surface area contributed by atoms with Gasteiger partial charge in [0.05, 0.1) is 0 Å².